The first kappa shape index (κ1) is 15.6. The zero-order chi connectivity index (χ0) is 15.1. The molecular weight excluding hydrogens is 296 g/mol. The Morgan fingerprint density at radius 3 is 2.50 bits per heavy atom. The fraction of sp³-hybridized carbons (Fsp3) is 0.571. The van der Waals surface area contributed by atoms with Crippen molar-refractivity contribution in [3.8, 4) is 0 Å². The highest BCUT2D eigenvalue weighted by atomic mass is 35.5. The molecular formula is C14H21ClN2O2S. The Morgan fingerprint density at radius 1 is 1.40 bits per heavy atom. The fourth-order valence-electron chi connectivity index (χ4n) is 2.13. The van der Waals surface area contributed by atoms with Crippen molar-refractivity contribution in [1.82, 2.24) is 4.31 Å². The molecule has 0 heterocycles. The number of nitrogens with zero attached hydrogens (tertiary/aromatic N) is 1. The van der Waals surface area contributed by atoms with Crippen molar-refractivity contribution in [3.05, 3.63) is 22.7 Å². The molecule has 1 aromatic carbocycles. The summed E-state index contributed by atoms with van der Waals surface area (Å²) in [6, 6.07) is 2.98. The van der Waals surface area contributed by atoms with Crippen molar-refractivity contribution >= 4 is 27.3 Å². The van der Waals surface area contributed by atoms with Gasteiger partial charge in [0.25, 0.3) is 0 Å². The predicted molar refractivity (Wildman–Crippen MR) is 82.4 cm³/mol. The third-order valence-corrected chi connectivity index (χ3v) is 6.12. The van der Waals surface area contributed by atoms with Crippen molar-refractivity contribution < 1.29 is 8.42 Å². The van der Waals surface area contributed by atoms with Gasteiger partial charge in [-0.1, -0.05) is 11.6 Å². The van der Waals surface area contributed by atoms with Crippen LogP contribution in [-0.2, 0) is 10.0 Å². The molecule has 0 saturated heterocycles. The van der Waals surface area contributed by atoms with Gasteiger partial charge in [-0.05, 0) is 57.2 Å². The number of nitrogen functional groups attached to an aromatic ring is 1. The molecule has 0 spiro atoms. The summed E-state index contributed by atoms with van der Waals surface area (Å²) < 4.78 is 27.1. The number of rotatable bonds is 5. The molecule has 0 aliphatic heterocycles. The molecule has 1 aromatic rings. The minimum Gasteiger partial charge on any atom is -0.398 e. The van der Waals surface area contributed by atoms with Gasteiger partial charge in [-0.15, -0.1) is 0 Å². The summed E-state index contributed by atoms with van der Waals surface area (Å²) in [5.41, 5.74) is 7.07. The Hall–Kier alpha value is -0.780. The van der Waals surface area contributed by atoms with Crippen molar-refractivity contribution in [2.75, 3.05) is 12.3 Å². The zero-order valence-electron chi connectivity index (χ0n) is 12.1. The van der Waals surface area contributed by atoms with E-state index in [2.05, 4.69) is 0 Å². The van der Waals surface area contributed by atoms with Crippen molar-refractivity contribution in [2.45, 2.75) is 44.6 Å². The normalized spacial score (nSPS) is 16.1. The number of aryl methyl sites for hydroxylation is 1. The van der Waals surface area contributed by atoms with E-state index < -0.39 is 10.0 Å². The highest BCUT2D eigenvalue weighted by Crippen LogP contribution is 2.35. The maximum absolute atomic E-state index is 12.8. The van der Waals surface area contributed by atoms with Crippen LogP contribution in [0.2, 0.25) is 5.02 Å². The van der Waals surface area contributed by atoms with Crippen LogP contribution in [-0.4, -0.2) is 25.3 Å². The summed E-state index contributed by atoms with van der Waals surface area (Å²) in [4.78, 5) is 0.108. The number of sulfonamides is 1. The Morgan fingerprint density at radius 2 is 2.00 bits per heavy atom. The predicted octanol–water partition coefficient (Wildman–Crippen LogP) is 3.04. The Balaban J connectivity index is 2.44. The molecule has 0 atom stereocenters. The van der Waals surface area contributed by atoms with E-state index in [0.717, 1.165) is 18.4 Å². The van der Waals surface area contributed by atoms with Gasteiger partial charge in [-0.2, -0.15) is 4.31 Å². The van der Waals surface area contributed by atoms with Crippen LogP contribution in [0.3, 0.4) is 0 Å². The van der Waals surface area contributed by atoms with Crippen LogP contribution in [0.1, 0.15) is 32.3 Å². The molecule has 20 heavy (non-hydrogen) atoms. The van der Waals surface area contributed by atoms with E-state index in [0.29, 0.717) is 18.2 Å². The zero-order valence-corrected chi connectivity index (χ0v) is 13.6. The van der Waals surface area contributed by atoms with E-state index in [1.54, 1.807) is 6.07 Å². The summed E-state index contributed by atoms with van der Waals surface area (Å²) in [6.07, 6.45) is 2.20. The summed E-state index contributed by atoms with van der Waals surface area (Å²) in [6.45, 7) is 6.13. The molecule has 6 heteroatoms. The number of nitrogens with two attached hydrogens (primary N) is 1. The first-order valence-electron chi connectivity index (χ1n) is 6.81. The molecule has 2 rings (SSSR count). The van der Waals surface area contributed by atoms with Gasteiger partial charge in [0.1, 0.15) is 4.90 Å². The van der Waals surface area contributed by atoms with Crippen LogP contribution in [0.25, 0.3) is 0 Å². The first-order valence-corrected chi connectivity index (χ1v) is 8.62. The van der Waals surface area contributed by atoms with E-state index in [9.17, 15) is 8.42 Å². The van der Waals surface area contributed by atoms with E-state index in [4.69, 9.17) is 17.3 Å². The van der Waals surface area contributed by atoms with Crippen LogP contribution in [0.4, 0.5) is 5.69 Å². The highest BCUT2D eigenvalue weighted by molar-refractivity contribution is 7.89. The SMILES string of the molecule is Cc1cc(Cl)c(S(=O)(=O)N(CC2CC2)C(C)C)cc1N. The molecule has 0 unspecified atom stereocenters. The lowest BCUT2D eigenvalue weighted by atomic mass is 10.2. The molecule has 1 fully saturated rings. The Bertz CT molecular complexity index is 610. The number of hydrogen-bond donors (Lipinski definition) is 1. The van der Waals surface area contributed by atoms with E-state index >= 15 is 0 Å². The van der Waals surface area contributed by atoms with Gasteiger partial charge in [0, 0.05) is 18.3 Å². The lowest BCUT2D eigenvalue weighted by molar-refractivity contribution is 0.342. The largest absolute Gasteiger partial charge is 0.398 e. The van der Waals surface area contributed by atoms with E-state index in [1.165, 1.54) is 10.4 Å². The number of anilines is 1. The Kier molecular flexibility index (Phi) is 4.33. The molecule has 0 bridgehead atoms. The summed E-state index contributed by atoms with van der Waals surface area (Å²) in [5.74, 6) is 0.480. The molecule has 0 aromatic heterocycles. The third-order valence-electron chi connectivity index (χ3n) is 3.62. The Labute approximate surface area is 126 Å². The van der Waals surface area contributed by atoms with Crippen molar-refractivity contribution in [2.24, 2.45) is 5.92 Å². The average Bonchev–Trinajstić information content (AvgIpc) is 3.13. The van der Waals surface area contributed by atoms with Crippen LogP contribution in [0.15, 0.2) is 17.0 Å². The topological polar surface area (TPSA) is 63.4 Å². The van der Waals surface area contributed by atoms with Gasteiger partial charge in [-0.3, -0.25) is 0 Å². The third kappa shape index (κ3) is 3.10. The van der Waals surface area contributed by atoms with Gasteiger partial charge in [-0.25, -0.2) is 8.42 Å². The lowest BCUT2D eigenvalue weighted by Crippen LogP contribution is -2.38. The van der Waals surface area contributed by atoms with Crippen molar-refractivity contribution in [3.63, 3.8) is 0 Å². The molecule has 1 saturated carbocycles. The maximum Gasteiger partial charge on any atom is 0.244 e. The monoisotopic (exact) mass is 316 g/mol. The highest BCUT2D eigenvalue weighted by Gasteiger charge is 2.34. The van der Waals surface area contributed by atoms with E-state index in [-0.39, 0.29) is 16.0 Å². The summed E-state index contributed by atoms with van der Waals surface area (Å²) >= 11 is 6.13. The summed E-state index contributed by atoms with van der Waals surface area (Å²) in [7, 11) is -3.60. The number of halogens is 1. The average molecular weight is 317 g/mol. The van der Waals surface area contributed by atoms with E-state index in [1.807, 2.05) is 20.8 Å². The fourth-order valence-corrected chi connectivity index (χ4v) is 4.44. The molecule has 0 amide bonds. The second-order valence-corrected chi connectivity index (χ2v) is 8.02. The summed E-state index contributed by atoms with van der Waals surface area (Å²) in [5, 5.41) is 0.234. The number of hydrogen-bond acceptors (Lipinski definition) is 3. The smallest absolute Gasteiger partial charge is 0.244 e. The maximum atomic E-state index is 12.8. The van der Waals surface area contributed by atoms with Crippen LogP contribution >= 0.6 is 11.6 Å². The first-order chi connectivity index (χ1) is 9.23. The second-order valence-electron chi connectivity index (χ2n) is 5.75. The minimum atomic E-state index is -3.60. The molecule has 1 aliphatic rings. The van der Waals surface area contributed by atoms with Crippen molar-refractivity contribution in [1.29, 1.82) is 0 Å². The number of benzene rings is 1. The van der Waals surface area contributed by atoms with Gasteiger partial charge < -0.3 is 5.73 Å². The van der Waals surface area contributed by atoms with Gasteiger partial charge in [0.2, 0.25) is 10.0 Å². The lowest BCUT2D eigenvalue weighted by Gasteiger charge is -2.26. The van der Waals surface area contributed by atoms with Gasteiger partial charge in [0.05, 0.1) is 5.02 Å². The standard InChI is InChI=1S/C14H21ClN2O2S/c1-9(2)17(8-11-4-5-11)20(18,19)14-7-13(16)10(3)6-12(14)15/h6-7,9,11H,4-5,8,16H2,1-3H3. The van der Waals surface area contributed by atoms with Crippen LogP contribution < -0.4 is 5.73 Å². The molecule has 1 aliphatic carbocycles. The molecule has 2 N–H and O–H groups in total. The van der Waals surface area contributed by atoms with Crippen LogP contribution in [0.5, 0.6) is 0 Å². The molecule has 4 nitrogen and oxygen atoms in total. The van der Waals surface area contributed by atoms with Gasteiger partial charge >= 0.3 is 0 Å². The quantitative estimate of drug-likeness (QED) is 0.849. The molecule has 112 valence electrons. The van der Waals surface area contributed by atoms with Crippen LogP contribution in [0, 0.1) is 12.8 Å². The van der Waals surface area contributed by atoms with Gasteiger partial charge in [0.15, 0.2) is 0 Å². The second kappa shape index (κ2) is 5.54. The molecule has 0 radical (unpaired) electrons. The minimum absolute atomic E-state index is 0.0980.